The van der Waals surface area contributed by atoms with Gasteiger partial charge < -0.3 is 9.80 Å². The lowest BCUT2D eigenvalue weighted by atomic mass is 10.0. The minimum Gasteiger partial charge on any atom is -0.303 e. The van der Waals surface area contributed by atoms with Gasteiger partial charge in [0.15, 0.2) is 21.1 Å². The van der Waals surface area contributed by atoms with Gasteiger partial charge in [0.25, 0.3) is 0 Å². The van der Waals surface area contributed by atoms with Crippen LogP contribution >= 0.6 is 15.9 Å². The minimum absolute atomic E-state index is 0.304. The summed E-state index contributed by atoms with van der Waals surface area (Å²) in [5.74, 6) is 0. The van der Waals surface area contributed by atoms with Crippen LogP contribution in [0.2, 0.25) is 0 Å². The lowest BCUT2D eigenvalue weighted by Crippen LogP contribution is -2.31. The van der Waals surface area contributed by atoms with Crippen molar-refractivity contribution in [2.24, 2.45) is 0 Å². The third kappa shape index (κ3) is 9.74. The fraction of sp³-hybridized carbons (Fsp3) is 0.348. The maximum Gasteiger partial charge on any atom is 0.175 e. The van der Waals surface area contributed by atoms with Crippen molar-refractivity contribution < 1.29 is 8.42 Å². The number of piperidine rings is 2. The molecule has 2 aliphatic heterocycles. The highest BCUT2D eigenvalue weighted by molar-refractivity contribution is 9.10. The van der Waals surface area contributed by atoms with Crippen LogP contribution in [0.4, 0.5) is 0 Å². The van der Waals surface area contributed by atoms with Crippen LogP contribution in [0.15, 0.2) is 113 Å². The van der Waals surface area contributed by atoms with Gasteiger partial charge in [-0.15, -0.1) is 0 Å². The number of sulfone groups is 1. The molecule has 12 heteroatoms. The number of hydrogen-bond acceptors (Lipinski definition) is 8. The molecule has 0 unspecified atom stereocenters. The third-order valence-electron chi connectivity index (χ3n) is 11.4. The van der Waals surface area contributed by atoms with Crippen LogP contribution in [-0.2, 0) is 22.7 Å². The number of likely N-dealkylation sites (tertiary alicyclic amines) is 2. The van der Waals surface area contributed by atoms with E-state index in [1.807, 2.05) is 42.3 Å². The summed E-state index contributed by atoms with van der Waals surface area (Å²) in [6.07, 6.45) is 22.9. The van der Waals surface area contributed by atoms with E-state index in [4.69, 9.17) is 0 Å². The Morgan fingerprint density at radius 3 is 1.62 bits per heavy atom. The molecule has 0 amide bonds. The fourth-order valence-electron chi connectivity index (χ4n) is 8.01. The summed E-state index contributed by atoms with van der Waals surface area (Å²) in [6, 6.07) is 22.9. The highest BCUT2D eigenvalue weighted by atomic mass is 79.9. The van der Waals surface area contributed by atoms with Gasteiger partial charge in [-0.25, -0.2) is 27.4 Å². The summed E-state index contributed by atoms with van der Waals surface area (Å²) in [5.41, 5.74) is 11.2. The highest BCUT2D eigenvalue weighted by Gasteiger charge is 2.15. The lowest BCUT2D eigenvalue weighted by Gasteiger charge is -2.26. The van der Waals surface area contributed by atoms with Gasteiger partial charge in [-0.2, -0.15) is 10.2 Å². The molecular formula is C46H51BrN8O2S. The first-order valence-electron chi connectivity index (χ1n) is 20.4. The van der Waals surface area contributed by atoms with Crippen molar-refractivity contribution in [3.63, 3.8) is 0 Å². The van der Waals surface area contributed by atoms with Gasteiger partial charge in [-0.05, 0) is 133 Å². The first kappa shape index (κ1) is 40.0. The van der Waals surface area contributed by atoms with Crippen LogP contribution in [0.5, 0.6) is 0 Å². The van der Waals surface area contributed by atoms with E-state index in [0.29, 0.717) is 10.5 Å². The molecule has 0 radical (unpaired) electrons. The second-order valence-electron chi connectivity index (χ2n) is 15.8. The van der Waals surface area contributed by atoms with Crippen LogP contribution in [0.3, 0.4) is 0 Å². The Balaban J connectivity index is 0.000000172. The van der Waals surface area contributed by atoms with Crippen molar-refractivity contribution in [1.29, 1.82) is 0 Å². The fourth-order valence-corrected chi connectivity index (χ4v) is 9.12. The predicted octanol–water partition coefficient (Wildman–Crippen LogP) is 8.99. The Morgan fingerprint density at radius 1 is 0.586 bits per heavy atom. The molecule has 0 N–H and O–H groups in total. The molecule has 4 aromatic heterocycles. The third-order valence-corrected chi connectivity index (χ3v) is 13.0. The Hall–Kier alpha value is -4.75. The quantitative estimate of drug-likeness (QED) is 0.134. The SMILES string of the molecule is Brc1cnn2cc(-c3ccc(CCN4CCCCC4)cc3)cnc12.Cc1cc(-c2cnn3cc(-c4ccc(CCN5CCCCC5)cc4)cnc23)cc(S(C)(=O)=O)c1. The molecule has 0 saturated carbocycles. The van der Waals surface area contributed by atoms with Gasteiger partial charge in [-0.1, -0.05) is 67.4 Å². The molecule has 2 fully saturated rings. The number of aryl methyl sites for hydroxylation is 1. The molecule has 10 nitrogen and oxygen atoms in total. The molecule has 6 heterocycles. The Labute approximate surface area is 350 Å². The number of fused-ring (bicyclic) bond motifs is 2. The van der Waals surface area contributed by atoms with Crippen molar-refractivity contribution in [3.05, 3.63) is 125 Å². The minimum atomic E-state index is -3.30. The summed E-state index contributed by atoms with van der Waals surface area (Å²) >= 11 is 3.46. The molecule has 0 atom stereocenters. The molecule has 58 heavy (non-hydrogen) atoms. The van der Waals surface area contributed by atoms with Gasteiger partial charge >= 0.3 is 0 Å². The summed E-state index contributed by atoms with van der Waals surface area (Å²) in [6.45, 7) is 9.19. The van der Waals surface area contributed by atoms with Gasteiger partial charge in [0, 0.05) is 60.8 Å². The average molecular weight is 860 g/mol. The van der Waals surface area contributed by atoms with Gasteiger partial charge in [-0.3, -0.25) is 0 Å². The summed E-state index contributed by atoms with van der Waals surface area (Å²) in [7, 11) is -3.30. The monoisotopic (exact) mass is 858 g/mol. The number of halogens is 1. The zero-order chi connectivity index (χ0) is 40.1. The zero-order valence-electron chi connectivity index (χ0n) is 33.4. The van der Waals surface area contributed by atoms with Crippen LogP contribution in [0.25, 0.3) is 44.7 Å². The summed E-state index contributed by atoms with van der Waals surface area (Å²) in [5, 5.41) is 8.81. The van der Waals surface area contributed by atoms with Crippen molar-refractivity contribution in [2.75, 3.05) is 45.5 Å². The van der Waals surface area contributed by atoms with E-state index in [1.54, 1.807) is 29.0 Å². The van der Waals surface area contributed by atoms with Gasteiger partial charge in [0.1, 0.15) is 0 Å². The van der Waals surface area contributed by atoms with Crippen molar-refractivity contribution >= 4 is 37.1 Å². The highest BCUT2D eigenvalue weighted by Crippen LogP contribution is 2.29. The molecule has 2 aliphatic rings. The molecule has 3 aromatic carbocycles. The first-order valence-corrected chi connectivity index (χ1v) is 23.1. The van der Waals surface area contributed by atoms with Crippen molar-refractivity contribution in [2.45, 2.75) is 63.2 Å². The Bertz CT molecular complexity index is 2590. The normalized spacial score (nSPS) is 15.4. The van der Waals surface area contributed by atoms with E-state index in [1.165, 1.54) is 94.2 Å². The second kappa shape index (κ2) is 18.0. The number of hydrogen-bond donors (Lipinski definition) is 0. The van der Waals surface area contributed by atoms with E-state index in [0.717, 1.165) is 62.9 Å². The molecule has 9 rings (SSSR count). The van der Waals surface area contributed by atoms with Crippen LogP contribution in [0, 0.1) is 6.92 Å². The molecule has 2 saturated heterocycles. The van der Waals surface area contributed by atoms with E-state index in [9.17, 15) is 8.42 Å². The van der Waals surface area contributed by atoms with Gasteiger partial charge in [0.2, 0.25) is 0 Å². The molecule has 0 spiro atoms. The topological polar surface area (TPSA) is 101 Å². The van der Waals surface area contributed by atoms with Crippen molar-refractivity contribution in [3.8, 4) is 33.4 Å². The van der Waals surface area contributed by atoms with Crippen LogP contribution < -0.4 is 0 Å². The molecular weight excluding hydrogens is 809 g/mol. The van der Waals surface area contributed by atoms with Gasteiger partial charge in [0.05, 0.1) is 21.8 Å². The first-order chi connectivity index (χ1) is 28.2. The number of aromatic nitrogens is 6. The molecule has 300 valence electrons. The lowest BCUT2D eigenvalue weighted by molar-refractivity contribution is 0.231. The van der Waals surface area contributed by atoms with E-state index in [2.05, 4.69) is 94.4 Å². The van der Waals surface area contributed by atoms with E-state index >= 15 is 0 Å². The molecule has 0 bridgehead atoms. The Kier molecular flexibility index (Phi) is 12.4. The van der Waals surface area contributed by atoms with Crippen molar-refractivity contribution in [1.82, 2.24) is 39.0 Å². The second-order valence-corrected chi connectivity index (χ2v) is 18.6. The maximum atomic E-state index is 12.1. The smallest absolute Gasteiger partial charge is 0.175 e. The molecule has 0 aliphatic carbocycles. The summed E-state index contributed by atoms with van der Waals surface area (Å²) < 4.78 is 28.6. The predicted molar refractivity (Wildman–Crippen MR) is 236 cm³/mol. The average Bonchev–Trinajstić information content (AvgIpc) is 3.85. The van der Waals surface area contributed by atoms with Crippen LogP contribution in [0.1, 0.15) is 55.2 Å². The number of rotatable bonds is 10. The maximum absolute atomic E-state index is 12.1. The summed E-state index contributed by atoms with van der Waals surface area (Å²) in [4.78, 5) is 14.6. The zero-order valence-corrected chi connectivity index (χ0v) is 35.8. The number of benzene rings is 3. The molecule has 7 aromatic rings. The van der Waals surface area contributed by atoms with E-state index in [-0.39, 0.29) is 0 Å². The van der Waals surface area contributed by atoms with Crippen LogP contribution in [-0.4, -0.2) is 92.9 Å². The largest absolute Gasteiger partial charge is 0.303 e. The standard InChI is InChI=1S/C27H30N4O2S.C19H21BrN4/c1-20-14-23(16-25(15-20)34(2,32)33)26-18-29-31-19-24(17-28-27(26)31)22-8-6-21(7-9-22)10-13-30-11-4-3-5-12-30;20-18-13-22-24-14-17(12-21-19(18)24)16-6-4-15(5-7-16)8-11-23-9-2-1-3-10-23/h6-9,14-19H,3-5,10-13H2,1-2H3;4-7,12-14H,1-3,8-11H2. The van der Waals surface area contributed by atoms with E-state index < -0.39 is 9.84 Å². The number of nitrogens with zero attached hydrogens (tertiary/aromatic N) is 8. The Morgan fingerprint density at radius 2 is 1.09 bits per heavy atom.